The first-order valence-electron chi connectivity index (χ1n) is 10.3. The first-order valence-corrected chi connectivity index (χ1v) is 10.3. The Hall–Kier alpha value is -3.92. The van der Waals surface area contributed by atoms with Gasteiger partial charge in [0.15, 0.2) is 11.6 Å². The highest BCUT2D eigenvalue weighted by atomic mass is 19.2. The zero-order valence-corrected chi connectivity index (χ0v) is 18.0. The zero-order chi connectivity index (χ0) is 24.2. The molecule has 0 spiro atoms. The second kappa shape index (κ2) is 9.92. The first-order chi connectivity index (χ1) is 16.4. The Morgan fingerprint density at radius 3 is 2.56 bits per heavy atom. The van der Waals surface area contributed by atoms with Crippen molar-refractivity contribution < 1.29 is 32.2 Å². The molecule has 2 amide bonds. The van der Waals surface area contributed by atoms with Crippen molar-refractivity contribution in [1.29, 1.82) is 0 Å². The van der Waals surface area contributed by atoms with E-state index < -0.39 is 41.6 Å². The molecule has 34 heavy (non-hydrogen) atoms. The van der Waals surface area contributed by atoms with Crippen molar-refractivity contribution in [2.45, 2.75) is 25.2 Å². The van der Waals surface area contributed by atoms with Crippen molar-refractivity contribution in [1.82, 2.24) is 10.3 Å². The molecule has 2 unspecified atom stereocenters. The molecule has 10 heteroatoms. The number of hydrogen-bond acceptors (Lipinski definition) is 5. The average molecular weight is 471 g/mol. The Morgan fingerprint density at radius 1 is 1.06 bits per heavy atom. The predicted molar refractivity (Wildman–Crippen MR) is 116 cm³/mol. The van der Waals surface area contributed by atoms with E-state index in [0.29, 0.717) is 11.3 Å². The molecule has 4 rings (SSSR count). The molecule has 0 bridgehead atoms. The Labute approximate surface area is 192 Å². The van der Waals surface area contributed by atoms with Gasteiger partial charge in [-0.25, -0.2) is 18.0 Å². The van der Waals surface area contributed by atoms with Crippen LogP contribution in [-0.2, 0) is 22.5 Å². The van der Waals surface area contributed by atoms with Gasteiger partial charge < -0.3 is 20.1 Å². The summed E-state index contributed by atoms with van der Waals surface area (Å²) in [5.41, 5.74) is 1.13. The van der Waals surface area contributed by atoms with Crippen LogP contribution in [0.25, 0.3) is 0 Å². The maximum absolute atomic E-state index is 14.8. The summed E-state index contributed by atoms with van der Waals surface area (Å²) in [6, 6.07) is 9.59. The van der Waals surface area contributed by atoms with E-state index in [1.807, 2.05) is 0 Å². The second-order valence-electron chi connectivity index (χ2n) is 7.57. The van der Waals surface area contributed by atoms with Crippen molar-refractivity contribution in [3.8, 4) is 0 Å². The number of anilines is 1. The first kappa shape index (κ1) is 23.2. The van der Waals surface area contributed by atoms with E-state index >= 15 is 0 Å². The number of methoxy groups -OCH3 is 1. The summed E-state index contributed by atoms with van der Waals surface area (Å²) in [6.07, 6.45) is 0.230. The number of benzene rings is 2. The third kappa shape index (κ3) is 4.86. The molecular weight excluding hydrogens is 451 g/mol. The minimum absolute atomic E-state index is 0.0380. The smallest absolute Gasteiger partial charge is 0.408 e. The fraction of sp³-hybridized carbons (Fsp3) is 0.208. The van der Waals surface area contributed by atoms with Gasteiger partial charge >= 0.3 is 6.09 Å². The van der Waals surface area contributed by atoms with Crippen LogP contribution in [0.15, 0.2) is 54.7 Å². The number of nitrogens with one attached hydrogen (secondary N) is 2. The summed E-state index contributed by atoms with van der Waals surface area (Å²) in [6.45, 7) is -0.0803. The van der Waals surface area contributed by atoms with E-state index in [4.69, 9.17) is 9.47 Å². The lowest BCUT2D eigenvalue weighted by atomic mass is 10.0. The fourth-order valence-electron chi connectivity index (χ4n) is 3.86. The molecule has 7 nitrogen and oxygen atoms in total. The van der Waals surface area contributed by atoms with Crippen molar-refractivity contribution in [3.63, 3.8) is 0 Å². The molecule has 0 saturated carbocycles. The van der Waals surface area contributed by atoms with Gasteiger partial charge in [0.1, 0.15) is 12.4 Å². The highest BCUT2D eigenvalue weighted by Gasteiger charge is 2.39. The van der Waals surface area contributed by atoms with Crippen LogP contribution in [0.1, 0.15) is 33.2 Å². The topological polar surface area (TPSA) is 89.6 Å². The van der Waals surface area contributed by atoms with Gasteiger partial charge in [0.25, 0.3) is 5.91 Å². The quantitative estimate of drug-likeness (QED) is 0.560. The molecule has 0 fully saturated rings. The summed E-state index contributed by atoms with van der Waals surface area (Å²) >= 11 is 0. The van der Waals surface area contributed by atoms with E-state index in [1.54, 1.807) is 24.4 Å². The lowest BCUT2D eigenvalue weighted by Crippen LogP contribution is -2.35. The third-order valence-electron chi connectivity index (χ3n) is 5.47. The van der Waals surface area contributed by atoms with Gasteiger partial charge in [-0.05, 0) is 42.0 Å². The number of pyridine rings is 1. The molecule has 2 aromatic carbocycles. The Kier molecular flexibility index (Phi) is 6.78. The summed E-state index contributed by atoms with van der Waals surface area (Å²) in [7, 11) is 1.41. The van der Waals surface area contributed by atoms with Gasteiger partial charge in [-0.3, -0.25) is 9.78 Å². The number of fused-ring (bicyclic) bond motifs is 1. The maximum atomic E-state index is 14.8. The van der Waals surface area contributed by atoms with E-state index in [-0.39, 0.29) is 29.8 Å². The number of aromatic nitrogens is 1. The van der Waals surface area contributed by atoms with Crippen molar-refractivity contribution in [3.05, 3.63) is 94.6 Å². The highest BCUT2D eigenvalue weighted by Crippen LogP contribution is 2.37. The number of hydrogen-bond donors (Lipinski definition) is 2. The van der Waals surface area contributed by atoms with Crippen LogP contribution in [0, 0.1) is 17.5 Å². The highest BCUT2D eigenvalue weighted by molar-refractivity contribution is 6.05. The normalized spacial score (nSPS) is 16.6. The maximum Gasteiger partial charge on any atom is 0.408 e. The van der Waals surface area contributed by atoms with Gasteiger partial charge in [0.05, 0.1) is 17.8 Å². The molecule has 176 valence electrons. The van der Waals surface area contributed by atoms with Crippen molar-refractivity contribution in [2.75, 3.05) is 12.4 Å². The molecule has 0 saturated heterocycles. The molecule has 1 aliphatic rings. The molecule has 0 aliphatic heterocycles. The van der Waals surface area contributed by atoms with E-state index in [1.165, 1.54) is 19.2 Å². The molecular formula is C24H20F3N3O4. The van der Waals surface area contributed by atoms with E-state index in [0.717, 1.165) is 18.2 Å². The van der Waals surface area contributed by atoms with Crippen molar-refractivity contribution >= 4 is 17.7 Å². The summed E-state index contributed by atoms with van der Waals surface area (Å²) in [5.74, 6) is -3.44. The van der Waals surface area contributed by atoms with Gasteiger partial charge in [-0.15, -0.1) is 0 Å². The number of halogens is 3. The van der Waals surface area contributed by atoms with Crippen LogP contribution in [0.2, 0.25) is 0 Å². The molecule has 1 aromatic heterocycles. The molecule has 2 atom stereocenters. The van der Waals surface area contributed by atoms with Gasteiger partial charge in [0.2, 0.25) is 0 Å². The van der Waals surface area contributed by atoms with Gasteiger partial charge in [0, 0.05) is 42.6 Å². The number of nitrogens with zero attached hydrogens (tertiary/aromatic N) is 1. The summed E-state index contributed by atoms with van der Waals surface area (Å²) < 4.78 is 52.1. The van der Waals surface area contributed by atoms with Gasteiger partial charge in [-0.2, -0.15) is 0 Å². The van der Waals surface area contributed by atoms with Crippen molar-refractivity contribution in [2.24, 2.45) is 0 Å². The number of alkyl carbamates (subject to hydrolysis) is 1. The average Bonchev–Trinajstić information content (AvgIpc) is 3.20. The van der Waals surface area contributed by atoms with Crippen LogP contribution < -0.4 is 10.6 Å². The Bertz CT molecular complexity index is 1220. The third-order valence-corrected chi connectivity index (χ3v) is 5.47. The van der Waals surface area contributed by atoms with E-state index in [9.17, 15) is 22.8 Å². The van der Waals surface area contributed by atoms with Crippen LogP contribution in [0.5, 0.6) is 0 Å². The largest absolute Gasteiger partial charge is 0.443 e. The van der Waals surface area contributed by atoms with Crippen LogP contribution in [-0.4, -0.2) is 30.2 Å². The number of carbonyl (C=O) groups excluding carboxylic acids is 2. The fourth-order valence-corrected chi connectivity index (χ4v) is 3.86. The molecule has 1 aliphatic carbocycles. The predicted octanol–water partition coefficient (Wildman–Crippen LogP) is 4.29. The SMILES string of the molecule is COC1Cc2c(C(=O)Nc3ccc(F)c(F)c3)ccc(F)c2C1NC(=O)OCc1ccccn1. The molecule has 3 aromatic rings. The minimum Gasteiger partial charge on any atom is -0.443 e. The minimum atomic E-state index is -1.12. The number of rotatable bonds is 6. The summed E-state index contributed by atoms with van der Waals surface area (Å²) in [5, 5.41) is 5.07. The standard InChI is InChI=1S/C24H20F3N3O4/c1-33-20-11-16-15(23(31)29-13-5-7-17(25)19(27)10-13)6-8-18(26)21(16)22(20)30-24(32)34-12-14-4-2-3-9-28-14/h2-10,20,22H,11-12H2,1H3,(H,29,31)(H,30,32). The van der Waals surface area contributed by atoms with E-state index in [2.05, 4.69) is 15.6 Å². The molecule has 2 N–H and O–H groups in total. The van der Waals surface area contributed by atoms with Crippen LogP contribution in [0.4, 0.5) is 23.7 Å². The number of carbonyl (C=O) groups is 2. The monoisotopic (exact) mass is 471 g/mol. The zero-order valence-electron chi connectivity index (χ0n) is 18.0. The van der Waals surface area contributed by atoms with Crippen LogP contribution in [0.3, 0.4) is 0 Å². The second-order valence-corrected chi connectivity index (χ2v) is 7.57. The van der Waals surface area contributed by atoms with Gasteiger partial charge in [-0.1, -0.05) is 6.07 Å². The van der Waals surface area contributed by atoms with Crippen LogP contribution >= 0.6 is 0 Å². The number of ether oxygens (including phenoxy) is 2. The lowest BCUT2D eigenvalue weighted by Gasteiger charge is -2.20. The molecule has 0 radical (unpaired) electrons. The Morgan fingerprint density at radius 2 is 1.85 bits per heavy atom. The number of amides is 2. The Balaban J connectivity index is 1.54. The lowest BCUT2D eigenvalue weighted by molar-refractivity contribution is 0.0703. The molecule has 1 heterocycles. The summed E-state index contributed by atoms with van der Waals surface area (Å²) in [4.78, 5) is 29.3.